The number of fused-ring (bicyclic) bond motifs is 1. The molecule has 0 spiro atoms. The number of nitrogens with one attached hydrogen (secondary N) is 1. The summed E-state index contributed by atoms with van der Waals surface area (Å²) in [6.07, 6.45) is 1.13. The fourth-order valence-corrected chi connectivity index (χ4v) is 2.16. The van der Waals surface area contributed by atoms with Gasteiger partial charge in [0.05, 0.1) is 6.54 Å². The second-order valence-corrected chi connectivity index (χ2v) is 7.31. The van der Waals surface area contributed by atoms with Crippen molar-refractivity contribution in [2.24, 2.45) is 0 Å². The van der Waals surface area contributed by atoms with E-state index in [2.05, 4.69) is 71.1 Å². The van der Waals surface area contributed by atoms with Crippen molar-refractivity contribution < 1.29 is 4.42 Å². The number of hydrogen-bond acceptors (Lipinski definition) is 2. The average molecular weight is 273 g/mol. The summed E-state index contributed by atoms with van der Waals surface area (Å²) in [5, 5.41) is 4.66. The second kappa shape index (κ2) is 5.25. The first-order chi connectivity index (χ1) is 9.21. The fourth-order valence-electron chi connectivity index (χ4n) is 2.16. The van der Waals surface area contributed by atoms with E-state index in [0.29, 0.717) is 0 Å². The second-order valence-electron chi connectivity index (χ2n) is 7.31. The molecule has 20 heavy (non-hydrogen) atoms. The standard InChI is InChI=1S/C18H27NO/c1-7-18(5,6)14-8-9-16-13(10-14)11-15(20-16)12-19-17(2,3)4/h8-11,19H,7,12H2,1-6H3. The van der Waals surface area contributed by atoms with Gasteiger partial charge in [0.2, 0.25) is 0 Å². The zero-order chi connectivity index (χ0) is 15.0. The van der Waals surface area contributed by atoms with Crippen LogP contribution in [0.15, 0.2) is 28.7 Å². The van der Waals surface area contributed by atoms with E-state index >= 15 is 0 Å². The van der Waals surface area contributed by atoms with Crippen LogP contribution >= 0.6 is 0 Å². The van der Waals surface area contributed by atoms with Crippen LogP contribution in [0.5, 0.6) is 0 Å². The molecule has 0 atom stereocenters. The summed E-state index contributed by atoms with van der Waals surface area (Å²) in [5.41, 5.74) is 2.68. The number of furan rings is 1. The van der Waals surface area contributed by atoms with Gasteiger partial charge in [-0.25, -0.2) is 0 Å². The first kappa shape index (κ1) is 15.1. The van der Waals surface area contributed by atoms with Crippen LogP contribution in [0.2, 0.25) is 0 Å². The highest BCUT2D eigenvalue weighted by Crippen LogP contribution is 2.30. The summed E-state index contributed by atoms with van der Waals surface area (Å²) in [4.78, 5) is 0. The van der Waals surface area contributed by atoms with Crippen molar-refractivity contribution in [3.8, 4) is 0 Å². The van der Waals surface area contributed by atoms with E-state index in [1.807, 2.05) is 0 Å². The quantitative estimate of drug-likeness (QED) is 0.847. The van der Waals surface area contributed by atoms with Crippen LogP contribution in [0.1, 0.15) is 59.3 Å². The van der Waals surface area contributed by atoms with E-state index < -0.39 is 0 Å². The maximum atomic E-state index is 5.90. The third-order valence-corrected chi connectivity index (χ3v) is 4.03. The van der Waals surface area contributed by atoms with Gasteiger partial charge in [0.1, 0.15) is 11.3 Å². The maximum Gasteiger partial charge on any atom is 0.134 e. The molecule has 0 aliphatic rings. The molecule has 1 aromatic carbocycles. The predicted octanol–water partition coefficient (Wildman–Crippen LogP) is 5.01. The van der Waals surface area contributed by atoms with Crippen LogP contribution in [0, 0.1) is 0 Å². The Labute approximate surface area is 122 Å². The zero-order valence-electron chi connectivity index (χ0n) is 13.6. The summed E-state index contributed by atoms with van der Waals surface area (Å²) in [5.74, 6) is 1.00. The highest BCUT2D eigenvalue weighted by Gasteiger charge is 2.19. The summed E-state index contributed by atoms with van der Waals surface area (Å²) >= 11 is 0. The molecule has 0 aliphatic heterocycles. The molecule has 0 aliphatic carbocycles. The Hall–Kier alpha value is -1.28. The molecule has 0 radical (unpaired) electrons. The van der Waals surface area contributed by atoms with Gasteiger partial charge in [0.15, 0.2) is 0 Å². The van der Waals surface area contributed by atoms with Gasteiger partial charge in [-0.1, -0.05) is 26.8 Å². The van der Waals surface area contributed by atoms with Gasteiger partial charge in [0, 0.05) is 10.9 Å². The van der Waals surface area contributed by atoms with Crippen LogP contribution in [0.25, 0.3) is 11.0 Å². The Morgan fingerprint density at radius 1 is 1.05 bits per heavy atom. The Balaban J connectivity index is 2.26. The maximum absolute atomic E-state index is 5.90. The molecule has 2 heteroatoms. The largest absolute Gasteiger partial charge is 0.460 e. The Bertz CT molecular complexity index is 587. The highest BCUT2D eigenvalue weighted by atomic mass is 16.3. The molecule has 0 amide bonds. The minimum Gasteiger partial charge on any atom is -0.460 e. The molecular formula is C18H27NO. The number of benzene rings is 1. The molecule has 2 rings (SSSR count). The van der Waals surface area contributed by atoms with Crippen molar-refractivity contribution >= 4 is 11.0 Å². The van der Waals surface area contributed by atoms with Crippen molar-refractivity contribution in [3.63, 3.8) is 0 Å². The molecule has 1 N–H and O–H groups in total. The number of hydrogen-bond donors (Lipinski definition) is 1. The molecule has 2 nitrogen and oxygen atoms in total. The monoisotopic (exact) mass is 273 g/mol. The Morgan fingerprint density at radius 3 is 2.35 bits per heavy atom. The van der Waals surface area contributed by atoms with E-state index in [1.54, 1.807) is 0 Å². The van der Waals surface area contributed by atoms with Crippen molar-refractivity contribution in [2.75, 3.05) is 0 Å². The van der Waals surface area contributed by atoms with Crippen LogP contribution in [0.3, 0.4) is 0 Å². The molecule has 0 bridgehead atoms. The molecule has 0 saturated heterocycles. The minimum absolute atomic E-state index is 0.105. The van der Waals surface area contributed by atoms with Crippen LogP contribution in [-0.4, -0.2) is 5.54 Å². The lowest BCUT2D eigenvalue weighted by Crippen LogP contribution is -2.34. The van der Waals surface area contributed by atoms with Crippen LogP contribution in [0.4, 0.5) is 0 Å². The lowest BCUT2D eigenvalue weighted by Gasteiger charge is -2.23. The molecule has 0 fully saturated rings. The molecule has 0 unspecified atom stereocenters. The Morgan fingerprint density at radius 2 is 1.75 bits per heavy atom. The van der Waals surface area contributed by atoms with Gasteiger partial charge in [-0.15, -0.1) is 0 Å². The summed E-state index contributed by atoms with van der Waals surface area (Å²) in [7, 11) is 0. The molecule has 110 valence electrons. The van der Waals surface area contributed by atoms with Crippen molar-refractivity contribution in [3.05, 3.63) is 35.6 Å². The van der Waals surface area contributed by atoms with E-state index in [9.17, 15) is 0 Å². The van der Waals surface area contributed by atoms with Crippen LogP contribution < -0.4 is 5.32 Å². The SMILES string of the molecule is CCC(C)(C)c1ccc2oc(CNC(C)(C)C)cc2c1. The Kier molecular flexibility index (Phi) is 3.97. The molecule has 2 aromatic rings. The molecule has 1 heterocycles. The van der Waals surface area contributed by atoms with Crippen LogP contribution in [-0.2, 0) is 12.0 Å². The van der Waals surface area contributed by atoms with E-state index in [-0.39, 0.29) is 11.0 Å². The van der Waals surface area contributed by atoms with Crippen molar-refractivity contribution in [2.45, 2.75) is 65.5 Å². The van der Waals surface area contributed by atoms with Crippen molar-refractivity contribution in [1.29, 1.82) is 0 Å². The fraction of sp³-hybridized carbons (Fsp3) is 0.556. The molecular weight excluding hydrogens is 246 g/mol. The summed E-state index contributed by atoms with van der Waals surface area (Å²) in [6.45, 7) is 14.1. The zero-order valence-corrected chi connectivity index (χ0v) is 13.6. The third kappa shape index (κ3) is 3.43. The first-order valence-corrected chi connectivity index (χ1v) is 7.49. The van der Waals surface area contributed by atoms with E-state index in [4.69, 9.17) is 4.42 Å². The lowest BCUT2D eigenvalue weighted by atomic mass is 9.82. The predicted molar refractivity (Wildman–Crippen MR) is 86.1 cm³/mol. The van der Waals surface area contributed by atoms with E-state index in [1.165, 1.54) is 10.9 Å². The van der Waals surface area contributed by atoms with Gasteiger partial charge >= 0.3 is 0 Å². The average Bonchev–Trinajstić information content (AvgIpc) is 2.77. The highest BCUT2D eigenvalue weighted by molar-refractivity contribution is 5.79. The van der Waals surface area contributed by atoms with Gasteiger partial charge < -0.3 is 9.73 Å². The van der Waals surface area contributed by atoms with Crippen molar-refractivity contribution in [1.82, 2.24) is 5.32 Å². The normalized spacial score (nSPS) is 13.1. The third-order valence-electron chi connectivity index (χ3n) is 4.03. The smallest absolute Gasteiger partial charge is 0.134 e. The van der Waals surface area contributed by atoms with E-state index in [0.717, 1.165) is 24.3 Å². The van der Waals surface area contributed by atoms with Gasteiger partial charge in [-0.3, -0.25) is 0 Å². The summed E-state index contributed by atoms with van der Waals surface area (Å²) < 4.78 is 5.90. The van der Waals surface area contributed by atoms with Gasteiger partial charge in [0.25, 0.3) is 0 Å². The summed E-state index contributed by atoms with van der Waals surface area (Å²) in [6, 6.07) is 8.71. The lowest BCUT2D eigenvalue weighted by molar-refractivity contribution is 0.395. The molecule has 0 saturated carbocycles. The van der Waals surface area contributed by atoms with Gasteiger partial charge in [-0.2, -0.15) is 0 Å². The topological polar surface area (TPSA) is 25.2 Å². The minimum atomic E-state index is 0.105. The molecule has 1 aromatic heterocycles. The van der Waals surface area contributed by atoms with Gasteiger partial charge in [-0.05, 0) is 56.4 Å². The number of rotatable bonds is 4. The first-order valence-electron chi connectivity index (χ1n) is 7.49.